The Bertz CT molecular complexity index is 889. The number of carbonyl (C=O) groups excluding carboxylic acids is 1. The molecular formula is C23H31FN4O2. The van der Waals surface area contributed by atoms with Gasteiger partial charge in [-0.1, -0.05) is 32.0 Å². The lowest BCUT2D eigenvalue weighted by Crippen LogP contribution is -2.41. The molecule has 1 amide bonds. The van der Waals surface area contributed by atoms with E-state index < -0.39 is 0 Å². The molecule has 2 aromatic rings. The highest BCUT2D eigenvalue weighted by molar-refractivity contribution is 5.94. The molecule has 1 fully saturated rings. The summed E-state index contributed by atoms with van der Waals surface area (Å²) < 4.78 is 21.4. The van der Waals surface area contributed by atoms with Crippen LogP contribution in [-0.4, -0.2) is 52.9 Å². The van der Waals surface area contributed by atoms with Gasteiger partial charge in [0.05, 0.1) is 13.2 Å². The van der Waals surface area contributed by atoms with E-state index in [1.165, 1.54) is 11.8 Å². The molecule has 0 radical (unpaired) electrons. The van der Waals surface area contributed by atoms with Gasteiger partial charge in [0.1, 0.15) is 5.82 Å². The van der Waals surface area contributed by atoms with Crippen LogP contribution < -0.4 is 5.32 Å². The molecule has 2 aliphatic rings. The number of ether oxygens (including phenoxy) is 1. The van der Waals surface area contributed by atoms with Crippen LogP contribution in [0.5, 0.6) is 0 Å². The monoisotopic (exact) mass is 414 g/mol. The van der Waals surface area contributed by atoms with Gasteiger partial charge in [-0.3, -0.25) is 9.48 Å². The first-order chi connectivity index (χ1) is 14.5. The zero-order valence-electron chi connectivity index (χ0n) is 17.9. The number of aromatic nitrogens is 2. The van der Waals surface area contributed by atoms with Crippen molar-refractivity contribution in [2.75, 3.05) is 26.3 Å². The predicted octanol–water partition coefficient (Wildman–Crippen LogP) is 2.80. The third-order valence-corrected chi connectivity index (χ3v) is 5.92. The van der Waals surface area contributed by atoms with Crippen molar-refractivity contribution in [2.24, 2.45) is 5.92 Å². The van der Waals surface area contributed by atoms with Crippen LogP contribution in [-0.2, 0) is 30.7 Å². The van der Waals surface area contributed by atoms with Gasteiger partial charge in [-0.05, 0) is 31.2 Å². The average Bonchev–Trinajstić information content (AvgIpc) is 3.10. The van der Waals surface area contributed by atoms with Crippen molar-refractivity contribution in [1.82, 2.24) is 20.0 Å². The fourth-order valence-corrected chi connectivity index (χ4v) is 4.34. The van der Waals surface area contributed by atoms with E-state index in [-0.39, 0.29) is 17.8 Å². The summed E-state index contributed by atoms with van der Waals surface area (Å²) in [5.74, 6) is 0.276. The summed E-state index contributed by atoms with van der Waals surface area (Å²) in [6.07, 6.45) is 2.57. The van der Waals surface area contributed by atoms with Crippen LogP contribution in [0.4, 0.5) is 4.39 Å². The second kappa shape index (κ2) is 9.27. The Hall–Kier alpha value is -2.25. The first-order valence-electron chi connectivity index (χ1n) is 10.9. The lowest BCUT2D eigenvalue weighted by atomic mass is 9.90. The largest absolute Gasteiger partial charge is 0.378 e. The number of amides is 1. The second-order valence-electron chi connectivity index (χ2n) is 8.67. The Morgan fingerprint density at radius 2 is 2.07 bits per heavy atom. The lowest BCUT2D eigenvalue weighted by Gasteiger charge is -2.28. The number of hydrogen-bond donors (Lipinski definition) is 1. The summed E-state index contributed by atoms with van der Waals surface area (Å²) in [6, 6.07) is 7.06. The Morgan fingerprint density at radius 1 is 1.30 bits per heavy atom. The van der Waals surface area contributed by atoms with Crippen molar-refractivity contribution in [3.8, 4) is 0 Å². The fourth-order valence-electron chi connectivity index (χ4n) is 4.34. The Morgan fingerprint density at radius 3 is 2.80 bits per heavy atom. The summed E-state index contributed by atoms with van der Waals surface area (Å²) in [6.45, 7) is 8.00. The van der Waals surface area contributed by atoms with Gasteiger partial charge in [-0.25, -0.2) is 4.39 Å². The summed E-state index contributed by atoms with van der Waals surface area (Å²) in [7, 11) is 0. The summed E-state index contributed by atoms with van der Waals surface area (Å²) in [5, 5.41) is 8.26. The number of morpholine rings is 1. The summed E-state index contributed by atoms with van der Waals surface area (Å²) in [5.41, 5.74) is 3.50. The lowest BCUT2D eigenvalue weighted by molar-refractivity contribution is 0.0297. The van der Waals surface area contributed by atoms with E-state index >= 15 is 0 Å². The molecule has 1 N–H and O–H groups in total. The Balaban J connectivity index is 1.53. The molecule has 1 aliphatic carbocycles. The van der Waals surface area contributed by atoms with Gasteiger partial charge < -0.3 is 15.0 Å². The van der Waals surface area contributed by atoms with Crippen LogP contribution in [0.25, 0.3) is 0 Å². The number of fused-ring (bicyclic) bond motifs is 1. The molecule has 162 valence electrons. The number of benzene rings is 1. The van der Waals surface area contributed by atoms with E-state index in [0.717, 1.165) is 31.4 Å². The second-order valence-corrected chi connectivity index (χ2v) is 8.67. The van der Waals surface area contributed by atoms with Gasteiger partial charge in [0, 0.05) is 49.0 Å². The molecule has 0 saturated carbocycles. The van der Waals surface area contributed by atoms with Crippen LogP contribution in [0.2, 0.25) is 0 Å². The summed E-state index contributed by atoms with van der Waals surface area (Å²) >= 11 is 0. The number of nitrogens with one attached hydrogen (secondary N) is 1. The van der Waals surface area contributed by atoms with Crippen molar-refractivity contribution in [3.63, 3.8) is 0 Å². The van der Waals surface area contributed by atoms with Crippen LogP contribution in [0.15, 0.2) is 24.3 Å². The third kappa shape index (κ3) is 4.57. The number of hydrogen-bond acceptors (Lipinski definition) is 4. The normalized spacial score (nSPS) is 19.2. The molecule has 1 atom stereocenters. The van der Waals surface area contributed by atoms with Crippen LogP contribution in [0.1, 0.15) is 47.6 Å². The molecule has 7 heteroatoms. The smallest absolute Gasteiger partial charge is 0.274 e. The van der Waals surface area contributed by atoms with Gasteiger partial charge in [0.15, 0.2) is 5.69 Å². The average molecular weight is 415 g/mol. The topological polar surface area (TPSA) is 59.4 Å². The van der Waals surface area contributed by atoms with E-state index in [1.807, 2.05) is 21.7 Å². The molecule has 30 heavy (non-hydrogen) atoms. The molecule has 1 aliphatic heterocycles. The Kier molecular flexibility index (Phi) is 6.49. The number of nitrogens with zero attached hydrogens (tertiary/aromatic N) is 3. The van der Waals surface area contributed by atoms with Crippen molar-refractivity contribution in [1.29, 1.82) is 0 Å². The van der Waals surface area contributed by atoms with E-state index in [2.05, 4.69) is 19.2 Å². The SMILES string of the molecule is CC(C)Cn1nc(C(=O)N2CCOCC2)c2c1CCC(NCc1ccccc1F)C2. The van der Waals surface area contributed by atoms with Gasteiger partial charge in [-0.2, -0.15) is 5.10 Å². The molecule has 1 unspecified atom stereocenters. The van der Waals surface area contributed by atoms with Gasteiger partial charge in [0.25, 0.3) is 5.91 Å². The maximum absolute atomic E-state index is 14.0. The molecule has 0 bridgehead atoms. The first-order valence-corrected chi connectivity index (χ1v) is 10.9. The summed E-state index contributed by atoms with van der Waals surface area (Å²) in [4.78, 5) is 15.1. The predicted molar refractivity (Wildman–Crippen MR) is 113 cm³/mol. The molecular weight excluding hydrogens is 383 g/mol. The number of halogens is 1. The van der Waals surface area contributed by atoms with E-state index in [0.29, 0.717) is 50.0 Å². The standard InChI is InChI=1S/C23H31FN4O2/c1-16(2)15-28-21-8-7-18(25-14-17-5-3-4-6-20(17)24)13-19(21)22(26-28)23(29)27-9-11-30-12-10-27/h3-6,16,18,25H,7-15H2,1-2H3. The highest BCUT2D eigenvalue weighted by atomic mass is 19.1. The van der Waals surface area contributed by atoms with E-state index in [4.69, 9.17) is 9.84 Å². The maximum Gasteiger partial charge on any atom is 0.274 e. The first kappa shape index (κ1) is 21.0. The van der Waals surface area contributed by atoms with Crippen molar-refractivity contribution < 1.29 is 13.9 Å². The van der Waals surface area contributed by atoms with Gasteiger partial charge >= 0.3 is 0 Å². The van der Waals surface area contributed by atoms with Crippen molar-refractivity contribution in [2.45, 2.75) is 52.2 Å². The minimum absolute atomic E-state index is 0.00631. The molecule has 4 rings (SSSR count). The molecule has 1 saturated heterocycles. The van der Waals surface area contributed by atoms with Crippen LogP contribution in [0.3, 0.4) is 0 Å². The highest BCUT2D eigenvalue weighted by Gasteiger charge is 2.31. The molecule has 1 aromatic heterocycles. The number of rotatable bonds is 6. The quantitative estimate of drug-likeness (QED) is 0.790. The van der Waals surface area contributed by atoms with Crippen LogP contribution >= 0.6 is 0 Å². The van der Waals surface area contributed by atoms with E-state index in [1.54, 1.807) is 6.07 Å². The molecule has 0 spiro atoms. The van der Waals surface area contributed by atoms with Gasteiger partial charge in [-0.15, -0.1) is 0 Å². The van der Waals surface area contributed by atoms with E-state index in [9.17, 15) is 9.18 Å². The number of carbonyl (C=O) groups is 1. The van der Waals surface area contributed by atoms with Gasteiger partial charge in [0.2, 0.25) is 0 Å². The van der Waals surface area contributed by atoms with Crippen molar-refractivity contribution >= 4 is 5.91 Å². The minimum Gasteiger partial charge on any atom is -0.378 e. The fraction of sp³-hybridized carbons (Fsp3) is 0.565. The maximum atomic E-state index is 14.0. The third-order valence-electron chi connectivity index (χ3n) is 5.92. The molecule has 2 heterocycles. The minimum atomic E-state index is -0.186. The zero-order chi connectivity index (χ0) is 21.1. The Labute approximate surface area is 177 Å². The molecule has 1 aromatic carbocycles. The van der Waals surface area contributed by atoms with Crippen molar-refractivity contribution in [3.05, 3.63) is 52.6 Å². The molecule has 6 nitrogen and oxygen atoms in total. The van der Waals surface area contributed by atoms with Crippen LogP contribution in [0, 0.1) is 11.7 Å². The highest BCUT2D eigenvalue weighted by Crippen LogP contribution is 2.27. The zero-order valence-corrected chi connectivity index (χ0v) is 17.9.